The van der Waals surface area contributed by atoms with E-state index in [9.17, 15) is 27.9 Å². The number of sulfonamides is 1. The molecule has 51 heavy (non-hydrogen) atoms. The van der Waals surface area contributed by atoms with Crippen molar-refractivity contribution < 1.29 is 27.9 Å². The molecule has 2 unspecified atom stereocenters. The summed E-state index contributed by atoms with van der Waals surface area (Å²) >= 11 is 0. The number of piperazine rings is 1. The first kappa shape index (κ1) is 37.2. The molecule has 1 aliphatic heterocycles. The van der Waals surface area contributed by atoms with Gasteiger partial charge < -0.3 is 26.0 Å². The Balaban J connectivity index is 1.44. The molecule has 0 radical (unpaired) electrons. The summed E-state index contributed by atoms with van der Waals surface area (Å²) in [5.74, 6) is -1.45. The molecule has 5 atom stereocenters. The van der Waals surface area contributed by atoms with Crippen molar-refractivity contribution in [3.8, 4) is 0 Å². The molecule has 0 aliphatic carbocycles. The summed E-state index contributed by atoms with van der Waals surface area (Å²) in [7, 11) is -2.42. The van der Waals surface area contributed by atoms with Crippen LogP contribution in [-0.2, 0) is 27.8 Å². The monoisotopic (exact) mass is 711 g/mol. The number of carbonyl (C=O) groups excluding carboxylic acids is 3. The molecule has 0 spiro atoms. The second-order valence-electron chi connectivity index (χ2n) is 13.1. The number of nitrogens with one attached hydrogen (secondary N) is 3. The number of hydrogen-bond donors (Lipinski definition) is 4. The van der Waals surface area contributed by atoms with Gasteiger partial charge in [-0.1, -0.05) is 91.0 Å². The van der Waals surface area contributed by atoms with Crippen molar-refractivity contribution in [2.45, 2.75) is 57.1 Å². The normalized spacial score (nSPS) is 18.0. The molecule has 1 aliphatic rings. The lowest BCUT2D eigenvalue weighted by molar-refractivity contribution is -0.143. The lowest BCUT2D eigenvalue weighted by Crippen LogP contribution is -2.66. The highest BCUT2D eigenvalue weighted by molar-refractivity contribution is 7.92. The topological polar surface area (TPSA) is 148 Å². The van der Waals surface area contributed by atoms with Gasteiger partial charge in [-0.3, -0.25) is 18.7 Å². The Labute approximate surface area is 299 Å². The number of aliphatic hydroxyl groups excluding tert-OH is 1. The molecule has 0 bridgehead atoms. The SMILES string of the molecule is CC1CNC([C@@H](O)[C@H](Cc2ccccc2)NC(=O)c2cc(C(=O)N[C@H](C)c3ccccc3)cc(N(C)S(C)(=O)=O)c2)C(=O)N1Cc1ccccc1. The third kappa shape index (κ3) is 9.40. The number of rotatable bonds is 13. The largest absolute Gasteiger partial charge is 0.389 e. The second kappa shape index (κ2) is 16.3. The number of hydrogen-bond acceptors (Lipinski definition) is 7. The van der Waals surface area contributed by atoms with E-state index in [1.165, 1.54) is 25.2 Å². The van der Waals surface area contributed by atoms with Crippen LogP contribution in [0.4, 0.5) is 5.69 Å². The van der Waals surface area contributed by atoms with Crippen LogP contribution in [0.1, 0.15) is 57.3 Å². The standard InChI is InChI=1S/C39H45N5O6S/c1-26-24-40-35(39(48)44(26)25-29-16-10-6-11-17-29)36(45)34(20-28-14-8-5-9-15-28)42-38(47)32-21-31(22-33(23-32)43(3)51(4,49)50)37(46)41-27(2)30-18-12-7-13-19-30/h5-19,21-23,26-27,34-36,40,45H,20,24-25H2,1-4H3,(H,41,46)(H,42,47)/t26?,27-,34+,35?,36+/m1/s1. The number of nitrogens with zero attached hydrogens (tertiary/aromatic N) is 2. The zero-order chi connectivity index (χ0) is 36.7. The van der Waals surface area contributed by atoms with Crippen LogP contribution in [0.3, 0.4) is 0 Å². The van der Waals surface area contributed by atoms with E-state index in [-0.39, 0.29) is 41.2 Å². The Hall–Kier alpha value is -5.04. The van der Waals surface area contributed by atoms with Crippen LogP contribution in [0, 0.1) is 0 Å². The molecule has 11 nitrogen and oxygen atoms in total. The molecule has 1 heterocycles. The average Bonchev–Trinajstić information content (AvgIpc) is 3.13. The zero-order valence-corrected chi connectivity index (χ0v) is 30.0. The average molecular weight is 712 g/mol. The van der Waals surface area contributed by atoms with Gasteiger partial charge in [-0.15, -0.1) is 0 Å². The van der Waals surface area contributed by atoms with Gasteiger partial charge in [0.25, 0.3) is 11.8 Å². The summed E-state index contributed by atoms with van der Waals surface area (Å²) in [6.07, 6.45) is -0.124. The predicted molar refractivity (Wildman–Crippen MR) is 198 cm³/mol. The van der Waals surface area contributed by atoms with Crippen molar-refractivity contribution in [3.63, 3.8) is 0 Å². The minimum Gasteiger partial charge on any atom is -0.389 e. The number of benzene rings is 4. The van der Waals surface area contributed by atoms with Gasteiger partial charge in [0, 0.05) is 37.3 Å². The number of carbonyl (C=O) groups is 3. The molecular weight excluding hydrogens is 667 g/mol. The van der Waals surface area contributed by atoms with Crippen LogP contribution in [-0.4, -0.2) is 80.2 Å². The van der Waals surface area contributed by atoms with E-state index in [2.05, 4.69) is 16.0 Å². The van der Waals surface area contributed by atoms with Crippen molar-refractivity contribution in [1.82, 2.24) is 20.9 Å². The summed E-state index contributed by atoms with van der Waals surface area (Å²) < 4.78 is 26.1. The van der Waals surface area contributed by atoms with Gasteiger partial charge in [0.15, 0.2) is 0 Å². The van der Waals surface area contributed by atoms with E-state index in [0.717, 1.165) is 27.3 Å². The minimum absolute atomic E-state index is 0.00744. The van der Waals surface area contributed by atoms with Crippen LogP contribution < -0.4 is 20.3 Å². The lowest BCUT2D eigenvalue weighted by atomic mass is 9.93. The van der Waals surface area contributed by atoms with Crippen LogP contribution in [0.15, 0.2) is 109 Å². The first-order valence-electron chi connectivity index (χ1n) is 16.9. The van der Waals surface area contributed by atoms with Crippen LogP contribution in [0.25, 0.3) is 0 Å². The summed E-state index contributed by atoms with van der Waals surface area (Å²) in [5, 5.41) is 20.9. The van der Waals surface area contributed by atoms with E-state index in [4.69, 9.17) is 0 Å². The zero-order valence-electron chi connectivity index (χ0n) is 29.2. The molecule has 4 aromatic rings. The highest BCUT2D eigenvalue weighted by atomic mass is 32.2. The first-order valence-corrected chi connectivity index (χ1v) is 18.7. The molecule has 4 N–H and O–H groups in total. The van der Waals surface area contributed by atoms with Gasteiger partial charge in [-0.2, -0.15) is 0 Å². The Morgan fingerprint density at radius 2 is 1.41 bits per heavy atom. The van der Waals surface area contributed by atoms with Crippen LogP contribution in [0.2, 0.25) is 0 Å². The fourth-order valence-electron chi connectivity index (χ4n) is 6.13. The van der Waals surface area contributed by atoms with Gasteiger partial charge in [0.1, 0.15) is 6.04 Å². The van der Waals surface area contributed by atoms with Crippen molar-refractivity contribution in [2.75, 3.05) is 24.2 Å². The summed E-state index contributed by atoms with van der Waals surface area (Å²) in [6, 6.07) is 30.0. The molecule has 4 aromatic carbocycles. The third-order valence-electron chi connectivity index (χ3n) is 9.23. The molecule has 268 valence electrons. The van der Waals surface area contributed by atoms with Crippen LogP contribution in [0.5, 0.6) is 0 Å². The van der Waals surface area contributed by atoms with Gasteiger partial charge >= 0.3 is 0 Å². The highest BCUT2D eigenvalue weighted by Gasteiger charge is 2.40. The van der Waals surface area contributed by atoms with Gasteiger partial charge in [0.2, 0.25) is 15.9 Å². The predicted octanol–water partition coefficient (Wildman–Crippen LogP) is 3.66. The molecular formula is C39H45N5O6S. The van der Waals surface area contributed by atoms with Gasteiger partial charge in [0.05, 0.1) is 30.1 Å². The Morgan fingerprint density at radius 3 is 1.98 bits per heavy atom. The maximum atomic E-state index is 14.1. The Kier molecular flexibility index (Phi) is 11.9. The Bertz CT molecular complexity index is 1930. The molecule has 5 rings (SSSR count). The smallest absolute Gasteiger partial charge is 0.251 e. The van der Waals surface area contributed by atoms with E-state index in [1.807, 2.05) is 105 Å². The molecule has 0 saturated carbocycles. The lowest BCUT2D eigenvalue weighted by Gasteiger charge is -2.41. The van der Waals surface area contributed by atoms with Crippen LogP contribution >= 0.6 is 0 Å². The van der Waals surface area contributed by atoms with Crippen molar-refractivity contribution in [2.24, 2.45) is 0 Å². The molecule has 3 amide bonds. The minimum atomic E-state index is -3.76. The van der Waals surface area contributed by atoms with E-state index >= 15 is 0 Å². The second-order valence-corrected chi connectivity index (χ2v) is 15.1. The Morgan fingerprint density at radius 1 is 0.882 bits per heavy atom. The molecule has 1 saturated heterocycles. The first-order chi connectivity index (χ1) is 24.3. The van der Waals surface area contributed by atoms with Crippen molar-refractivity contribution in [1.29, 1.82) is 0 Å². The summed E-state index contributed by atoms with van der Waals surface area (Å²) in [4.78, 5) is 43.2. The quantitative estimate of drug-likeness (QED) is 0.166. The van der Waals surface area contributed by atoms with Crippen molar-refractivity contribution >= 4 is 33.4 Å². The summed E-state index contributed by atoms with van der Waals surface area (Å²) in [5.41, 5.74) is 2.84. The molecule has 0 aromatic heterocycles. The molecule has 1 fully saturated rings. The highest BCUT2D eigenvalue weighted by Crippen LogP contribution is 2.23. The molecule has 12 heteroatoms. The van der Waals surface area contributed by atoms with Gasteiger partial charge in [-0.25, -0.2) is 8.42 Å². The number of anilines is 1. The van der Waals surface area contributed by atoms with Crippen molar-refractivity contribution in [3.05, 3.63) is 137 Å². The van der Waals surface area contributed by atoms with E-state index in [0.29, 0.717) is 13.1 Å². The fourth-order valence-corrected chi connectivity index (χ4v) is 6.62. The maximum absolute atomic E-state index is 14.1. The fraction of sp³-hybridized carbons (Fsp3) is 0.308. The number of aliphatic hydroxyl groups is 1. The number of amides is 3. The van der Waals surface area contributed by atoms with E-state index in [1.54, 1.807) is 4.90 Å². The summed E-state index contributed by atoms with van der Waals surface area (Å²) in [6.45, 7) is 4.57. The third-order valence-corrected chi connectivity index (χ3v) is 10.4. The van der Waals surface area contributed by atoms with E-state index < -0.39 is 40.0 Å². The van der Waals surface area contributed by atoms with Gasteiger partial charge in [-0.05, 0) is 55.2 Å². The maximum Gasteiger partial charge on any atom is 0.251 e.